The van der Waals surface area contributed by atoms with Crippen molar-refractivity contribution in [3.63, 3.8) is 0 Å². The first-order valence-electron chi connectivity index (χ1n) is 4.16. The predicted molar refractivity (Wildman–Crippen MR) is 57.8 cm³/mol. The van der Waals surface area contributed by atoms with Crippen LogP contribution in [-0.2, 0) is 0 Å². The summed E-state index contributed by atoms with van der Waals surface area (Å²) in [4.78, 5) is 10.6. The minimum absolute atomic E-state index is 0.329. The van der Waals surface area contributed by atoms with E-state index in [1.165, 1.54) is 0 Å². The number of nitroso groups, excluding NO2 is 1. The number of ether oxygens (including phenoxy) is 1. The number of nitrogens with zero attached hydrogens (tertiary/aromatic N) is 1. The molecule has 1 heterocycles. The number of rotatable bonds is 1. The van der Waals surface area contributed by atoms with Gasteiger partial charge in [0.05, 0.1) is 11.6 Å². The van der Waals surface area contributed by atoms with Crippen molar-refractivity contribution in [1.29, 1.82) is 0 Å². The molecule has 1 aromatic carbocycles. The van der Waals surface area contributed by atoms with Crippen LogP contribution in [0.25, 0.3) is 0 Å². The normalized spacial score (nSPS) is 19.7. The van der Waals surface area contributed by atoms with Crippen molar-refractivity contribution in [3.8, 4) is 5.75 Å². The van der Waals surface area contributed by atoms with Crippen molar-refractivity contribution in [3.05, 3.63) is 32.1 Å². The third kappa shape index (κ3) is 1.64. The maximum Gasteiger partial charge on any atom is 0.126 e. The molecule has 0 N–H and O–H groups in total. The topological polar surface area (TPSA) is 38.7 Å². The van der Waals surface area contributed by atoms with Gasteiger partial charge in [-0.25, -0.2) is 0 Å². The van der Waals surface area contributed by atoms with E-state index in [2.05, 4.69) is 21.1 Å². The average molecular weight is 277 g/mol. The van der Waals surface area contributed by atoms with Gasteiger partial charge in [-0.1, -0.05) is 16.8 Å². The first-order valence-corrected chi connectivity index (χ1v) is 5.33. The van der Waals surface area contributed by atoms with Crippen molar-refractivity contribution >= 4 is 27.5 Å². The van der Waals surface area contributed by atoms with Crippen molar-refractivity contribution in [1.82, 2.24) is 0 Å². The second kappa shape index (κ2) is 3.87. The summed E-state index contributed by atoms with van der Waals surface area (Å²) in [6.07, 6.45) is 0.620. The van der Waals surface area contributed by atoms with Crippen LogP contribution in [0.3, 0.4) is 0 Å². The van der Waals surface area contributed by atoms with E-state index in [0.717, 1.165) is 10.0 Å². The lowest BCUT2D eigenvalue weighted by Gasteiger charge is -2.21. The quantitative estimate of drug-likeness (QED) is 0.734. The Hall–Kier alpha value is -0.610. The van der Waals surface area contributed by atoms with Gasteiger partial charge in [0.1, 0.15) is 11.8 Å². The largest absolute Gasteiger partial charge is 0.493 e. The smallest absolute Gasteiger partial charge is 0.126 e. The first-order chi connectivity index (χ1) is 6.72. The van der Waals surface area contributed by atoms with Crippen LogP contribution < -0.4 is 4.74 Å². The van der Waals surface area contributed by atoms with Crippen molar-refractivity contribution < 1.29 is 4.74 Å². The van der Waals surface area contributed by atoms with E-state index in [-0.39, 0.29) is 6.04 Å². The van der Waals surface area contributed by atoms with Crippen LogP contribution in [0, 0.1) is 4.91 Å². The first kappa shape index (κ1) is 9.93. The Morgan fingerprint density at radius 1 is 1.57 bits per heavy atom. The minimum Gasteiger partial charge on any atom is -0.493 e. The van der Waals surface area contributed by atoms with E-state index in [0.29, 0.717) is 23.8 Å². The van der Waals surface area contributed by atoms with Gasteiger partial charge in [-0.3, -0.25) is 0 Å². The molecule has 0 aromatic heterocycles. The molecule has 5 heteroatoms. The highest BCUT2D eigenvalue weighted by atomic mass is 79.9. The fourth-order valence-electron chi connectivity index (χ4n) is 1.47. The van der Waals surface area contributed by atoms with Gasteiger partial charge >= 0.3 is 0 Å². The van der Waals surface area contributed by atoms with Crippen LogP contribution in [0.1, 0.15) is 18.0 Å². The Labute approximate surface area is 94.5 Å². The van der Waals surface area contributed by atoms with Gasteiger partial charge in [0.2, 0.25) is 0 Å². The molecule has 0 amide bonds. The Bertz CT molecular complexity index is 383. The number of halogens is 2. The molecule has 0 saturated heterocycles. The van der Waals surface area contributed by atoms with Crippen LogP contribution in [0.2, 0.25) is 5.02 Å². The predicted octanol–water partition coefficient (Wildman–Crippen LogP) is 3.69. The Morgan fingerprint density at radius 2 is 2.36 bits per heavy atom. The summed E-state index contributed by atoms with van der Waals surface area (Å²) in [5.74, 6) is 0.692. The molecular weight excluding hydrogens is 269 g/mol. The summed E-state index contributed by atoms with van der Waals surface area (Å²) in [6.45, 7) is 0.525. The fourth-order valence-corrected chi connectivity index (χ4v) is 1.97. The minimum atomic E-state index is -0.329. The number of fused-ring (bicyclic) bond motifs is 1. The van der Waals surface area contributed by atoms with E-state index in [9.17, 15) is 4.91 Å². The monoisotopic (exact) mass is 275 g/mol. The van der Waals surface area contributed by atoms with Gasteiger partial charge < -0.3 is 4.74 Å². The molecule has 14 heavy (non-hydrogen) atoms. The standard InChI is InChI=1S/C9H7BrClNO2/c10-6-4-9-5(3-7(6)11)8(12-13)1-2-14-9/h3-4,8H,1-2H2. The summed E-state index contributed by atoms with van der Waals surface area (Å²) in [7, 11) is 0. The molecular formula is C9H7BrClNO2. The van der Waals surface area contributed by atoms with E-state index in [1.54, 1.807) is 12.1 Å². The Balaban J connectivity index is 2.52. The van der Waals surface area contributed by atoms with Gasteiger partial charge in [-0.2, -0.15) is 4.91 Å². The van der Waals surface area contributed by atoms with Gasteiger partial charge in [0, 0.05) is 16.5 Å². The molecule has 1 atom stereocenters. The summed E-state index contributed by atoms with van der Waals surface area (Å²) in [6, 6.07) is 3.17. The van der Waals surface area contributed by atoms with E-state index >= 15 is 0 Å². The molecule has 0 radical (unpaired) electrons. The molecule has 0 saturated carbocycles. The molecule has 0 fully saturated rings. The summed E-state index contributed by atoms with van der Waals surface area (Å²) < 4.78 is 6.17. The molecule has 1 aromatic rings. The lowest BCUT2D eigenvalue weighted by Crippen LogP contribution is -2.12. The average Bonchev–Trinajstić information content (AvgIpc) is 2.19. The molecule has 0 bridgehead atoms. The maximum atomic E-state index is 10.6. The molecule has 1 aliphatic heterocycles. The number of hydrogen-bond acceptors (Lipinski definition) is 3. The van der Waals surface area contributed by atoms with Crippen molar-refractivity contribution in [2.75, 3.05) is 6.61 Å². The zero-order valence-electron chi connectivity index (χ0n) is 7.17. The second-order valence-corrected chi connectivity index (χ2v) is 4.32. The molecule has 0 aliphatic carbocycles. The summed E-state index contributed by atoms with van der Waals surface area (Å²) in [5.41, 5.74) is 0.777. The SMILES string of the molecule is O=NC1CCOc2cc(Br)c(Cl)cc21. The van der Waals surface area contributed by atoms with Crippen LogP contribution in [0.15, 0.2) is 21.8 Å². The second-order valence-electron chi connectivity index (χ2n) is 3.06. The van der Waals surface area contributed by atoms with Crippen molar-refractivity contribution in [2.45, 2.75) is 12.5 Å². The number of hydrogen-bond donors (Lipinski definition) is 0. The zero-order valence-corrected chi connectivity index (χ0v) is 9.51. The van der Waals surface area contributed by atoms with Gasteiger partial charge in [0.25, 0.3) is 0 Å². The molecule has 3 nitrogen and oxygen atoms in total. The molecule has 2 rings (SSSR count). The highest BCUT2D eigenvalue weighted by molar-refractivity contribution is 9.10. The highest BCUT2D eigenvalue weighted by Crippen LogP contribution is 2.39. The van der Waals surface area contributed by atoms with Gasteiger partial charge in [-0.15, -0.1) is 0 Å². The third-order valence-electron chi connectivity index (χ3n) is 2.19. The van der Waals surface area contributed by atoms with Crippen LogP contribution in [0.4, 0.5) is 0 Å². The Morgan fingerprint density at radius 3 is 3.07 bits per heavy atom. The van der Waals surface area contributed by atoms with Crippen LogP contribution in [-0.4, -0.2) is 6.61 Å². The van der Waals surface area contributed by atoms with E-state index in [1.807, 2.05) is 0 Å². The van der Waals surface area contributed by atoms with Gasteiger partial charge in [0.15, 0.2) is 0 Å². The molecule has 1 aliphatic rings. The lowest BCUT2D eigenvalue weighted by molar-refractivity contribution is 0.269. The summed E-state index contributed by atoms with van der Waals surface area (Å²) >= 11 is 9.22. The van der Waals surface area contributed by atoms with Crippen LogP contribution >= 0.6 is 27.5 Å². The summed E-state index contributed by atoms with van der Waals surface area (Å²) in [5, 5.41) is 3.63. The maximum absolute atomic E-state index is 10.6. The highest BCUT2D eigenvalue weighted by Gasteiger charge is 2.23. The molecule has 1 unspecified atom stereocenters. The van der Waals surface area contributed by atoms with Crippen LogP contribution in [0.5, 0.6) is 5.75 Å². The van der Waals surface area contributed by atoms with Crippen molar-refractivity contribution in [2.24, 2.45) is 5.18 Å². The lowest BCUT2D eigenvalue weighted by atomic mass is 10.0. The zero-order chi connectivity index (χ0) is 10.1. The third-order valence-corrected chi connectivity index (χ3v) is 3.38. The molecule has 74 valence electrons. The van der Waals surface area contributed by atoms with E-state index < -0.39 is 0 Å². The Kier molecular flexibility index (Phi) is 2.74. The fraction of sp³-hybridized carbons (Fsp3) is 0.333. The molecule has 0 spiro atoms. The van der Waals surface area contributed by atoms with E-state index in [4.69, 9.17) is 16.3 Å². The van der Waals surface area contributed by atoms with Gasteiger partial charge in [-0.05, 0) is 28.1 Å². The number of benzene rings is 1.